The lowest BCUT2D eigenvalue weighted by Crippen LogP contribution is -2.27. The molecule has 1 saturated heterocycles. The van der Waals surface area contributed by atoms with Crippen molar-refractivity contribution in [2.75, 3.05) is 19.0 Å². The predicted molar refractivity (Wildman–Crippen MR) is 72.0 cm³/mol. The molecule has 1 fully saturated rings. The van der Waals surface area contributed by atoms with Crippen LogP contribution >= 0.6 is 0 Å². The molecular formula is C14H17N3O2. The van der Waals surface area contributed by atoms with Crippen LogP contribution in [-0.4, -0.2) is 25.6 Å². The summed E-state index contributed by atoms with van der Waals surface area (Å²) in [6.07, 6.45) is 2.55. The lowest BCUT2D eigenvalue weighted by Gasteiger charge is -2.13. The molecule has 1 aliphatic rings. The van der Waals surface area contributed by atoms with Crippen molar-refractivity contribution in [2.24, 2.45) is 0 Å². The minimum Gasteiger partial charge on any atom is -0.495 e. The van der Waals surface area contributed by atoms with E-state index in [-0.39, 0.29) is 11.9 Å². The highest BCUT2D eigenvalue weighted by molar-refractivity contribution is 5.94. The Morgan fingerprint density at radius 3 is 3.11 bits per heavy atom. The normalized spacial score (nSPS) is 17.8. The van der Waals surface area contributed by atoms with Crippen molar-refractivity contribution < 1.29 is 9.53 Å². The third-order valence-electron chi connectivity index (χ3n) is 3.23. The molecule has 1 aliphatic heterocycles. The number of anilines is 1. The number of nitrogens with zero attached hydrogens (tertiary/aromatic N) is 1. The molecule has 1 heterocycles. The van der Waals surface area contributed by atoms with E-state index in [1.54, 1.807) is 18.2 Å². The van der Waals surface area contributed by atoms with Crippen LogP contribution in [0.5, 0.6) is 5.75 Å². The molecule has 0 spiro atoms. The number of benzene rings is 1. The maximum Gasteiger partial charge on any atom is 0.226 e. The minimum atomic E-state index is -0.0969. The van der Waals surface area contributed by atoms with Gasteiger partial charge in [-0.25, -0.2) is 0 Å². The fraction of sp³-hybridized carbons (Fsp3) is 0.429. The summed E-state index contributed by atoms with van der Waals surface area (Å²) in [4.78, 5) is 12.0. The maximum atomic E-state index is 12.0. The number of rotatable bonds is 4. The van der Waals surface area contributed by atoms with Crippen molar-refractivity contribution in [2.45, 2.75) is 25.3 Å². The lowest BCUT2D eigenvalue weighted by molar-refractivity contribution is -0.116. The summed E-state index contributed by atoms with van der Waals surface area (Å²) in [6.45, 7) is 0.968. The standard InChI is InChI=1S/C14H17N3O2/c1-19-12-6-2-4-10(9-15)14(12)17-13(18)8-11-5-3-7-16-11/h2,4,6,11,16H,3,5,7-8H2,1H3,(H,17,18). The Hall–Kier alpha value is -2.06. The molecule has 5 nitrogen and oxygen atoms in total. The second kappa shape index (κ2) is 6.21. The van der Waals surface area contributed by atoms with Crippen molar-refractivity contribution in [3.05, 3.63) is 23.8 Å². The van der Waals surface area contributed by atoms with E-state index in [2.05, 4.69) is 16.7 Å². The van der Waals surface area contributed by atoms with Crippen molar-refractivity contribution in [1.82, 2.24) is 5.32 Å². The second-order valence-electron chi connectivity index (χ2n) is 4.54. The highest BCUT2D eigenvalue weighted by Crippen LogP contribution is 2.28. The van der Waals surface area contributed by atoms with E-state index in [1.807, 2.05) is 0 Å². The minimum absolute atomic E-state index is 0.0969. The Labute approximate surface area is 112 Å². The summed E-state index contributed by atoms with van der Waals surface area (Å²) < 4.78 is 5.18. The zero-order valence-electron chi connectivity index (χ0n) is 10.9. The molecule has 0 radical (unpaired) electrons. The third kappa shape index (κ3) is 3.24. The number of amides is 1. The van der Waals surface area contributed by atoms with Crippen LogP contribution in [0.3, 0.4) is 0 Å². The SMILES string of the molecule is COc1cccc(C#N)c1NC(=O)CC1CCCN1. The second-order valence-corrected chi connectivity index (χ2v) is 4.54. The van der Waals surface area contributed by atoms with Crippen LogP contribution in [0.4, 0.5) is 5.69 Å². The topological polar surface area (TPSA) is 74.1 Å². The van der Waals surface area contributed by atoms with E-state index >= 15 is 0 Å². The van der Waals surface area contributed by atoms with Gasteiger partial charge in [-0.2, -0.15) is 5.26 Å². The monoisotopic (exact) mass is 259 g/mol. The number of hydrogen-bond donors (Lipinski definition) is 2. The molecule has 1 aromatic carbocycles. The molecule has 0 aliphatic carbocycles. The van der Waals surface area contributed by atoms with Crippen LogP contribution in [0.1, 0.15) is 24.8 Å². The van der Waals surface area contributed by atoms with Gasteiger partial charge < -0.3 is 15.4 Å². The van der Waals surface area contributed by atoms with Crippen molar-refractivity contribution >= 4 is 11.6 Å². The fourth-order valence-electron chi connectivity index (χ4n) is 2.27. The summed E-state index contributed by atoms with van der Waals surface area (Å²) in [6, 6.07) is 7.41. The zero-order valence-corrected chi connectivity index (χ0v) is 10.9. The number of carbonyl (C=O) groups is 1. The molecule has 19 heavy (non-hydrogen) atoms. The zero-order chi connectivity index (χ0) is 13.7. The van der Waals surface area contributed by atoms with Gasteiger partial charge in [-0.05, 0) is 31.5 Å². The maximum absolute atomic E-state index is 12.0. The molecule has 0 bridgehead atoms. The molecule has 5 heteroatoms. The smallest absolute Gasteiger partial charge is 0.226 e. The van der Waals surface area contributed by atoms with E-state index < -0.39 is 0 Å². The summed E-state index contributed by atoms with van der Waals surface area (Å²) in [7, 11) is 1.52. The first kappa shape index (κ1) is 13.4. The van der Waals surface area contributed by atoms with Crippen LogP contribution in [0.25, 0.3) is 0 Å². The molecule has 0 saturated carbocycles. The largest absolute Gasteiger partial charge is 0.495 e. The number of carbonyl (C=O) groups excluding carboxylic acids is 1. The highest BCUT2D eigenvalue weighted by atomic mass is 16.5. The molecule has 2 rings (SSSR count). The Bertz CT molecular complexity index is 502. The van der Waals surface area contributed by atoms with Gasteiger partial charge in [0.05, 0.1) is 12.7 Å². The predicted octanol–water partition coefficient (Wildman–Crippen LogP) is 1.65. The van der Waals surface area contributed by atoms with Crippen molar-refractivity contribution in [3.8, 4) is 11.8 Å². The number of para-hydroxylation sites is 1. The summed E-state index contributed by atoms with van der Waals surface area (Å²) in [5, 5.41) is 15.1. The lowest BCUT2D eigenvalue weighted by atomic mass is 10.1. The van der Waals surface area contributed by atoms with E-state index in [0.717, 1.165) is 19.4 Å². The van der Waals surface area contributed by atoms with E-state index in [4.69, 9.17) is 10.00 Å². The van der Waals surface area contributed by atoms with Gasteiger partial charge in [0.2, 0.25) is 5.91 Å². The quantitative estimate of drug-likeness (QED) is 0.862. The van der Waals surface area contributed by atoms with Crippen LogP contribution in [0, 0.1) is 11.3 Å². The molecule has 1 atom stereocenters. The fourth-order valence-corrected chi connectivity index (χ4v) is 2.27. The molecular weight excluding hydrogens is 242 g/mol. The van der Waals surface area contributed by atoms with Crippen LogP contribution in [0.2, 0.25) is 0 Å². The van der Waals surface area contributed by atoms with Crippen LogP contribution in [-0.2, 0) is 4.79 Å². The van der Waals surface area contributed by atoms with Gasteiger partial charge in [0.1, 0.15) is 17.5 Å². The van der Waals surface area contributed by atoms with Gasteiger partial charge in [-0.3, -0.25) is 4.79 Å². The van der Waals surface area contributed by atoms with Gasteiger partial charge in [0.25, 0.3) is 0 Å². The number of methoxy groups -OCH3 is 1. The van der Waals surface area contributed by atoms with Crippen LogP contribution < -0.4 is 15.4 Å². The van der Waals surface area contributed by atoms with Gasteiger partial charge >= 0.3 is 0 Å². The van der Waals surface area contributed by atoms with E-state index in [1.165, 1.54) is 7.11 Å². The first-order valence-corrected chi connectivity index (χ1v) is 6.35. The van der Waals surface area contributed by atoms with Gasteiger partial charge in [0.15, 0.2) is 0 Å². The molecule has 1 aromatic rings. The summed E-state index contributed by atoms with van der Waals surface area (Å²) >= 11 is 0. The van der Waals surface area contributed by atoms with Crippen molar-refractivity contribution in [1.29, 1.82) is 5.26 Å². The first-order chi connectivity index (χ1) is 9.24. The van der Waals surface area contributed by atoms with Gasteiger partial charge in [-0.1, -0.05) is 6.07 Å². The van der Waals surface area contributed by atoms with E-state index in [0.29, 0.717) is 23.4 Å². The van der Waals surface area contributed by atoms with Crippen molar-refractivity contribution in [3.63, 3.8) is 0 Å². The average molecular weight is 259 g/mol. The average Bonchev–Trinajstić information content (AvgIpc) is 2.91. The number of nitriles is 1. The Morgan fingerprint density at radius 2 is 2.47 bits per heavy atom. The molecule has 100 valence electrons. The molecule has 0 aromatic heterocycles. The molecule has 1 unspecified atom stereocenters. The number of ether oxygens (including phenoxy) is 1. The number of nitrogens with one attached hydrogen (secondary N) is 2. The van der Waals surface area contributed by atoms with Crippen LogP contribution in [0.15, 0.2) is 18.2 Å². The molecule has 1 amide bonds. The Kier molecular flexibility index (Phi) is 4.37. The number of hydrogen-bond acceptors (Lipinski definition) is 4. The summed E-state index contributed by atoms with van der Waals surface area (Å²) in [5.74, 6) is 0.409. The Morgan fingerprint density at radius 1 is 1.63 bits per heavy atom. The summed E-state index contributed by atoms with van der Waals surface area (Å²) in [5.41, 5.74) is 0.863. The highest BCUT2D eigenvalue weighted by Gasteiger charge is 2.19. The van der Waals surface area contributed by atoms with Gasteiger partial charge in [0, 0.05) is 12.5 Å². The first-order valence-electron chi connectivity index (χ1n) is 6.35. The molecule has 2 N–H and O–H groups in total. The van der Waals surface area contributed by atoms with E-state index in [9.17, 15) is 4.79 Å². The van der Waals surface area contributed by atoms with Gasteiger partial charge in [-0.15, -0.1) is 0 Å². The Balaban J connectivity index is 2.09. The third-order valence-corrected chi connectivity index (χ3v) is 3.23.